The highest BCUT2D eigenvalue weighted by molar-refractivity contribution is 5.42. The first-order chi connectivity index (χ1) is 9.45. The maximum atomic E-state index is 12.8. The van der Waals surface area contributed by atoms with Crippen molar-refractivity contribution >= 4 is 5.82 Å². The van der Waals surface area contributed by atoms with Crippen LogP contribution < -0.4 is 5.32 Å². The summed E-state index contributed by atoms with van der Waals surface area (Å²) in [5.74, 6) is -0.237. The number of alkyl halides is 3. The molecule has 0 radical (unpaired) electrons. The second kappa shape index (κ2) is 5.48. The average molecular weight is 285 g/mol. The van der Waals surface area contributed by atoms with Crippen LogP contribution in [0.2, 0.25) is 0 Å². The summed E-state index contributed by atoms with van der Waals surface area (Å²) < 4.78 is 40.0. The van der Waals surface area contributed by atoms with Gasteiger partial charge in [0.05, 0.1) is 0 Å². The maximum Gasteiger partial charge on any atom is 0.451 e. The molecule has 0 aliphatic heterocycles. The normalized spacial score (nSPS) is 11.7. The largest absolute Gasteiger partial charge is 0.451 e. The van der Waals surface area contributed by atoms with E-state index in [1.54, 1.807) is 13.1 Å². The molecule has 0 fully saturated rings. The quantitative estimate of drug-likeness (QED) is 0.938. The number of aromatic nitrogens is 4. The standard InChI is InChI=1S/C12H14F3N5/c1-3-9-17-5-6-20(9)10-7-8(16-4-2)18-11(19-10)12(13,14)15/h5-7H,3-4H2,1-2H3,(H,16,18,19). The average Bonchev–Trinajstić information content (AvgIpc) is 2.86. The molecule has 2 aromatic rings. The lowest BCUT2D eigenvalue weighted by atomic mass is 10.4. The summed E-state index contributed by atoms with van der Waals surface area (Å²) in [6.45, 7) is 4.12. The molecule has 0 atom stereocenters. The molecule has 1 N–H and O–H groups in total. The number of aryl methyl sites for hydroxylation is 1. The van der Waals surface area contributed by atoms with Gasteiger partial charge in [-0.15, -0.1) is 0 Å². The molecule has 2 aromatic heterocycles. The third-order valence-electron chi connectivity index (χ3n) is 2.60. The summed E-state index contributed by atoms with van der Waals surface area (Å²) >= 11 is 0. The summed E-state index contributed by atoms with van der Waals surface area (Å²) in [6.07, 6.45) is -0.889. The summed E-state index contributed by atoms with van der Waals surface area (Å²) in [5.41, 5.74) is 0. The number of halogens is 3. The molecule has 5 nitrogen and oxygen atoms in total. The highest BCUT2D eigenvalue weighted by atomic mass is 19.4. The van der Waals surface area contributed by atoms with Crippen LogP contribution in [-0.2, 0) is 12.6 Å². The molecule has 0 saturated heterocycles. The monoisotopic (exact) mass is 285 g/mol. The molecular weight excluding hydrogens is 271 g/mol. The first-order valence-electron chi connectivity index (χ1n) is 6.18. The predicted molar refractivity (Wildman–Crippen MR) is 67.7 cm³/mol. The Labute approximate surface area is 113 Å². The number of anilines is 1. The Kier molecular flexibility index (Phi) is 3.91. The Morgan fingerprint density at radius 1 is 1.25 bits per heavy atom. The highest BCUT2D eigenvalue weighted by Crippen LogP contribution is 2.28. The van der Waals surface area contributed by atoms with Crippen LogP contribution in [-0.4, -0.2) is 26.1 Å². The number of hydrogen-bond acceptors (Lipinski definition) is 4. The van der Waals surface area contributed by atoms with E-state index in [2.05, 4.69) is 20.3 Å². The third-order valence-corrected chi connectivity index (χ3v) is 2.60. The van der Waals surface area contributed by atoms with E-state index in [-0.39, 0.29) is 11.6 Å². The Balaban J connectivity index is 2.55. The van der Waals surface area contributed by atoms with Gasteiger partial charge in [0.25, 0.3) is 0 Å². The van der Waals surface area contributed by atoms with Crippen molar-refractivity contribution in [2.24, 2.45) is 0 Å². The van der Waals surface area contributed by atoms with Gasteiger partial charge in [-0.2, -0.15) is 13.2 Å². The third kappa shape index (κ3) is 2.89. The topological polar surface area (TPSA) is 55.6 Å². The number of hydrogen-bond donors (Lipinski definition) is 1. The van der Waals surface area contributed by atoms with Crippen LogP contribution in [0, 0.1) is 0 Å². The van der Waals surface area contributed by atoms with Crippen molar-refractivity contribution < 1.29 is 13.2 Å². The molecule has 0 aliphatic rings. The van der Waals surface area contributed by atoms with Gasteiger partial charge in [0.1, 0.15) is 17.5 Å². The van der Waals surface area contributed by atoms with Gasteiger partial charge in [-0.3, -0.25) is 4.57 Å². The molecule has 0 amide bonds. The molecule has 0 spiro atoms. The summed E-state index contributed by atoms with van der Waals surface area (Å²) in [5, 5.41) is 2.77. The van der Waals surface area contributed by atoms with Gasteiger partial charge in [-0.25, -0.2) is 15.0 Å². The minimum atomic E-state index is -4.59. The van der Waals surface area contributed by atoms with E-state index in [0.29, 0.717) is 18.8 Å². The smallest absolute Gasteiger partial charge is 0.370 e. The van der Waals surface area contributed by atoms with Crippen molar-refractivity contribution in [1.29, 1.82) is 0 Å². The SMILES string of the molecule is CCNc1cc(-n2ccnc2CC)nc(C(F)(F)F)n1. The van der Waals surface area contributed by atoms with E-state index in [9.17, 15) is 13.2 Å². The Bertz CT molecular complexity index is 591. The van der Waals surface area contributed by atoms with Gasteiger partial charge >= 0.3 is 6.18 Å². The van der Waals surface area contributed by atoms with E-state index < -0.39 is 12.0 Å². The number of nitrogens with one attached hydrogen (secondary N) is 1. The van der Waals surface area contributed by atoms with E-state index in [1.807, 2.05) is 6.92 Å². The second-order valence-electron chi connectivity index (χ2n) is 4.03. The van der Waals surface area contributed by atoms with Crippen LogP contribution in [0.25, 0.3) is 5.82 Å². The summed E-state index contributed by atoms with van der Waals surface area (Å²) in [4.78, 5) is 11.1. The first-order valence-corrected chi connectivity index (χ1v) is 6.18. The molecule has 0 aliphatic carbocycles. The lowest BCUT2D eigenvalue weighted by Crippen LogP contribution is -2.16. The summed E-state index contributed by atoms with van der Waals surface area (Å²) in [7, 11) is 0. The molecule has 8 heteroatoms. The lowest BCUT2D eigenvalue weighted by molar-refractivity contribution is -0.144. The van der Waals surface area contributed by atoms with Crippen LogP contribution in [0.3, 0.4) is 0 Å². The molecule has 0 aromatic carbocycles. The van der Waals surface area contributed by atoms with Crippen molar-refractivity contribution in [3.05, 3.63) is 30.1 Å². The van der Waals surface area contributed by atoms with Gasteiger partial charge in [0.15, 0.2) is 0 Å². The molecule has 0 bridgehead atoms. The van der Waals surface area contributed by atoms with Crippen LogP contribution in [0.15, 0.2) is 18.5 Å². The van der Waals surface area contributed by atoms with Gasteiger partial charge in [-0.1, -0.05) is 6.92 Å². The molecule has 20 heavy (non-hydrogen) atoms. The van der Waals surface area contributed by atoms with Crippen molar-refractivity contribution in [3.8, 4) is 5.82 Å². The Morgan fingerprint density at radius 3 is 2.60 bits per heavy atom. The molecule has 0 unspecified atom stereocenters. The summed E-state index contributed by atoms with van der Waals surface area (Å²) in [6, 6.07) is 1.47. The van der Waals surface area contributed by atoms with Crippen molar-refractivity contribution in [1.82, 2.24) is 19.5 Å². The van der Waals surface area contributed by atoms with Crippen molar-refractivity contribution in [2.45, 2.75) is 26.4 Å². The first kappa shape index (κ1) is 14.3. The molecule has 2 rings (SSSR count). The highest BCUT2D eigenvalue weighted by Gasteiger charge is 2.35. The van der Waals surface area contributed by atoms with Crippen LogP contribution in [0.4, 0.5) is 19.0 Å². The minimum Gasteiger partial charge on any atom is -0.370 e. The maximum absolute atomic E-state index is 12.8. The van der Waals surface area contributed by atoms with Crippen molar-refractivity contribution in [3.63, 3.8) is 0 Å². The van der Waals surface area contributed by atoms with E-state index >= 15 is 0 Å². The van der Waals surface area contributed by atoms with Gasteiger partial charge in [-0.05, 0) is 6.92 Å². The van der Waals surface area contributed by atoms with E-state index in [4.69, 9.17) is 0 Å². The fraction of sp³-hybridized carbons (Fsp3) is 0.417. The zero-order chi connectivity index (χ0) is 14.8. The second-order valence-corrected chi connectivity index (χ2v) is 4.03. The Morgan fingerprint density at radius 2 is 2.00 bits per heavy atom. The fourth-order valence-electron chi connectivity index (χ4n) is 1.76. The van der Waals surface area contributed by atoms with Crippen molar-refractivity contribution in [2.75, 3.05) is 11.9 Å². The number of rotatable bonds is 4. The lowest BCUT2D eigenvalue weighted by Gasteiger charge is -2.12. The van der Waals surface area contributed by atoms with E-state index in [1.165, 1.54) is 16.8 Å². The molecule has 0 saturated carbocycles. The van der Waals surface area contributed by atoms with Gasteiger partial charge in [0, 0.05) is 31.4 Å². The Hall–Kier alpha value is -2.12. The molecular formula is C12H14F3N5. The number of nitrogens with zero attached hydrogens (tertiary/aromatic N) is 4. The predicted octanol–water partition coefficient (Wildman–Crippen LogP) is 2.68. The van der Waals surface area contributed by atoms with Crippen LogP contribution in [0.1, 0.15) is 25.5 Å². The molecule has 2 heterocycles. The van der Waals surface area contributed by atoms with Gasteiger partial charge < -0.3 is 5.32 Å². The zero-order valence-corrected chi connectivity index (χ0v) is 11.1. The van der Waals surface area contributed by atoms with Crippen LogP contribution >= 0.6 is 0 Å². The van der Waals surface area contributed by atoms with Crippen LogP contribution in [0.5, 0.6) is 0 Å². The zero-order valence-electron chi connectivity index (χ0n) is 11.1. The fourth-order valence-corrected chi connectivity index (χ4v) is 1.76. The number of imidazole rings is 1. The van der Waals surface area contributed by atoms with Gasteiger partial charge in [0.2, 0.25) is 5.82 Å². The molecule has 108 valence electrons. The minimum absolute atomic E-state index is 0.139. The van der Waals surface area contributed by atoms with E-state index in [0.717, 1.165) is 0 Å².